The maximum Gasteiger partial charge on any atom is 0.123 e. The fourth-order valence-electron chi connectivity index (χ4n) is 2.21. The first kappa shape index (κ1) is 13.8. The number of benzene rings is 1. The van der Waals surface area contributed by atoms with E-state index in [0.717, 1.165) is 25.2 Å². The van der Waals surface area contributed by atoms with E-state index in [-0.39, 0.29) is 5.82 Å². The molecule has 1 fully saturated rings. The number of hydrogen-bond acceptors (Lipinski definition) is 3. The van der Waals surface area contributed by atoms with Crippen LogP contribution in [0.1, 0.15) is 12.0 Å². The van der Waals surface area contributed by atoms with Crippen molar-refractivity contribution in [3.05, 3.63) is 35.6 Å². The smallest absolute Gasteiger partial charge is 0.123 e. The Kier molecular flexibility index (Phi) is 5.47. The van der Waals surface area contributed by atoms with Gasteiger partial charge < -0.3 is 10.2 Å². The van der Waals surface area contributed by atoms with Crippen LogP contribution in [0.3, 0.4) is 0 Å². The summed E-state index contributed by atoms with van der Waals surface area (Å²) < 4.78 is 13.1. The quantitative estimate of drug-likeness (QED) is 0.882. The zero-order valence-corrected chi connectivity index (χ0v) is 11.7. The molecule has 0 spiro atoms. The van der Waals surface area contributed by atoms with E-state index in [4.69, 9.17) is 0 Å². The van der Waals surface area contributed by atoms with Crippen LogP contribution in [0.4, 0.5) is 4.39 Å². The van der Waals surface area contributed by atoms with Crippen molar-refractivity contribution in [2.24, 2.45) is 0 Å². The fourth-order valence-corrected chi connectivity index (χ4v) is 3.21. The molecular formula is C14H21FN2S. The zero-order chi connectivity index (χ0) is 12.8. The highest BCUT2D eigenvalue weighted by atomic mass is 32.2. The number of nitrogens with one attached hydrogen (secondary N) is 1. The molecule has 1 heterocycles. The Bertz CT molecular complexity index is 367. The van der Waals surface area contributed by atoms with Crippen LogP contribution in [-0.4, -0.2) is 42.6 Å². The summed E-state index contributed by atoms with van der Waals surface area (Å²) in [6.07, 6.45) is 1.17. The van der Waals surface area contributed by atoms with E-state index in [1.807, 2.05) is 17.8 Å². The Morgan fingerprint density at radius 3 is 3.11 bits per heavy atom. The van der Waals surface area contributed by atoms with Gasteiger partial charge in [-0.05, 0) is 37.7 Å². The molecule has 1 atom stereocenters. The largest absolute Gasteiger partial charge is 0.312 e. The van der Waals surface area contributed by atoms with Crippen molar-refractivity contribution in [2.45, 2.75) is 19.0 Å². The summed E-state index contributed by atoms with van der Waals surface area (Å²) in [5, 5.41) is 3.54. The van der Waals surface area contributed by atoms with Crippen molar-refractivity contribution < 1.29 is 4.39 Å². The molecule has 0 aliphatic carbocycles. The summed E-state index contributed by atoms with van der Waals surface area (Å²) in [5.74, 6) is 2.30. The van der Waals surface area contributed by atoms with Crippen molar-refractivity contribution in [3.8, 4) is 0 Å². The molecule has 1 N–H and O–H groups in total. The third-order valence-electron chi connectivity index (χ3n) is 3.20. The SMILES string of the molecule is CN(CCC1CSCCN1)Cc1cccc(F)c1. The lowest BCUT2D eigenvalue weighted by molar-refractivity contribution is 0.304. The van der Waals surface area contributed by atoms with Gasteiger partial charge in [-0.15, -0.1) is 0 Å². The predicted molar refractivity (Wildman–Crippen MR) is 76.5 cm³/mol. The van der Waals surface area contributed by atoms with Gasteiger partial charge in [-0.1, -0.05) is 12.1 Å². The van der Waals surface area contributed by atoms with Crippen molar-refractivity contribution in [1.82, 2.24) is 10.2 Å². The number of rotatable bonds is 5. The molecule has 18 heavy (non-hydrogen) atoms. The Morgan fingerprint density at radius 2 is 2.39 bits per heavy atom. The third-order valence-corrected chi connectivity index (χ3v) is 4.33. The van der Waals surface area contributed by atoms with Crippen LogP contribution < -0.4 is 5.32 Å². The molecule has 2 rings (SSSR count). The molecular weight excluding hydrogens is 247 g/mol. The van der Waals surface area contributed by atoms with Crippen LogP contribution in [0.5, 0.6) is 0 Å². The third kappa shape index (κ3) is 4.59. The van der Waals surface area contributed by atoms with Crippen LogP contribution >= 0.6 is 11.8 Å². The number of nitrogens with zero attached hydrogens (tertiary/aromatic N) is 1. The molecule has 1 aromatic carbocycles. The molecule has 2 nitrogen and oxygen atoms in total. The Morgan fingerprint density at radius 1 is 1.50 bits per heavy atom. The van der Waals surface area contributed by atoms with Crippen LogP contribution in [0, 0.1) is 5.82 Å². The van der Waals surface area contributed by atoms with E-state index in [1.54, 1.807) is 12.1 Å². The van der Waals surface area contributed by atoms with Gasteiger partial charge in [0.05, 0.1) is 0 Å². The average molecular weight is 268 g/mol. The van der Waals surface area contributed by atoms with Crippen LogP contribution in [0.25, 0.3) is 0 Å². The van der Waals surface area contributed by atoms with Gasteiger partial charge in [0.15, 0.2) is 0 Å². The zero-order valence-electron chi connectivity index (χ0n) is 10.9. The fraction of sp³-hybridized carbons (Fsp3) is 0.571. The summed E-state index contributed by atoms with van der Waals surface area (Å²) in [6, 6.07) is 7.50. The summed E-state index contributed by atoms with van der Waals surface area (Å²) in [5.41, 5.74) is 1.04. The van der Waals surface area contributed by atoms with Gasteiger partial charge in [0, 0.05) is 30.6 Å². The number of halogens is 1. The average Bonchev–Trinajstić information content (AvgIpc) is 2.38. The first-order valence-electron chi connectivity index (χ1n) is 6.48. The van der Waals surface area contributed by atoms with Crippen LogP contribution in [0.2, 0.25) is 0 Å². The van der Waals surface area contributed by atoms with E-state index in [0.29, 0.717) is 6.04 Å². The molecule has 0 saturated carbocycles. The van der Waals surface area contributed by atoms with Gasteiger partial charge >= 0.3 is 0 Å². The van der Waals surface area contributed by atoms with Gasteiger partial charge in [-0.3, -0.25) is 0 Å². The normalized spacial score (nSPS) is 20.3. The van der Waals surface area contributed by atoms with Crippen molar-refractivity contribution in [2.75, 3.05) is 31.6 Å². The van der Waals surface area contributed by atoms with E-state index < -0.39 is 0 Å². The lowest BCUT2D eigenvalue weighted by Gasteiger charge is -2.25. The summed E-state index contributed by atoms with van der Waals surface area (Å²) in [7, 11) is 2.10. The highest BCUT2D eigenvalue weighted by Crippen LogP contribution is 2.11. The van der Waals surface area contributed by atoms with Crippen molar-refractivity contribution in [3.63, 3.8) is 0 Å². The Hall–Kier alpha value is -0.580. The van der Waals surface area contributed by atoms with Crippen LogP contribution in [0.15, 0.2) is 24.3 Å². The van der Waals surface area contributed by atoms with Gasteiger partial charge in [0.2, 0.25) is 0 Å². The predicted octanol–water partition coefficient (Wildman–Crippen LogP) is 2.35. The molecule has 0 aromatic heterocycles. The maximum absolute atomic E-state index is 13.1. The first-order chi connectivity index (χ1) is 8.74. The van der Waals surface area contributed by atoms with E-state index in [9.17, 15) is 4.39 Å². The lowest BCUT2D eigenvalue weighted by Crippen LogP contribution is -2.39. The number of hydrogen-bond donors (Lipinski definition) is 1. The van der Waals surface area contributed by atoms with Gasteiger partial charge in [0.25, 0.3) is 0 Å². The standard InChI is InChI=1S/C14H21FN2S/c1-17(7-5-14-11-18-8-6-16-14)10-12-3-2-4-13(15)9-12/h2-4,9,14,16H,5-8,10-11H2,1H3. The van der Waals surface area contributed by atoms with Gasteiger partial charge in [-0.25, -0.2) is 4.39 Å². The molecule has 0 radical (unpaired) electrons. The highest BCUT2D eigenvalue weighted by Gasteiger charge is 2.13. The molecule has 1 aliphatic rings. The molecule has 100 valence electrons. The molecule has 0 bridgehead atoms. The molecule has 1 aliphatic heterocycles. The molecule has 1 saturated heterocycles. The Labute approximate surface area is 113 Å². The van der Waals surface area contributed by atoms with E-state index >= 15 is 0 Å². The summed E-state index contributed by atoms with van der Waals surface area (Å²) in [6.45, 7) is 3.00. The van der Waals surface area contributed by atoms with Crippen molar-refractivity contribution >= 4 is 11.8 Å². The summed E-state index contributed by atoms with van der Waals surface area (Å²) >= 11 is 2.03. The molecule has 4 heteroatoms. The maximum atomic E-state index is 13.1. The van der Waals surface area contributed by atoms with Gasteiger partial charge in [0.1, 0.15) is 5.82 Å². The van der Waals surface area contributed by atoms with Gasteiger partial charge in [-0.2, -0.15) is 11.8 Å². The second-order valence-corrected chi connectivity index (χ2v) is 6.03. The molecule has 0 amide bonds. The lowest BCUT2D eigenvalue weighted by atomic mass is 10.2. The Balaban J connectivity index is 1.72. The topological polar surface area (TPSA) is 15.3 Å². The second kappa shape index (κ2) is 7.12. The monoisotopic (exact) mass is 268 g/mol. The minimum absolute atomic E-state index is 0.147. The minimum Gasteiger partial charge on any atom is -0.312 e. The first-order valence-corrected chi connectivity index (χ1v) is 7.63. The van der Waals surface area contributed by atoms with Crippen LogP contribution in [-0.2, 0) is 6.54 Å². The van der Waals surface area contributed by atoms with Crippen molar-refractivity contribution in [1.29, 1.82) is 0 Å². The number of thioether (sulfide) groups is 1. The second-order valence-electron chi connectivity index (χ2n) is 4.88. The minimum atomic E-state index is -0.147. The molecule has 1 aromatic rings. The van der Waals surface area contributed by atoms with E-state index in [2.05, 4.69) is 17.3 Å². The summed E-state index contributed by atoms with van der Waals surface area (Å²) in [4.78, 5) is 2.26. The van der Waals surface area contributed by atoms with E-state index in [1.165, 1.54) is 24.0 Å². The highest BCUT2D eigenvalue weighted by molar-refractivity contribution is 7.99. The molecule has 1 unspecified atom stereocenters.